The van der Waals surface area contributed by atoms with Crippen LogP contribution in [-0.2, 0) is 25.7 Å². The van der Waals surface area contributed by atoms with Crippen molar-refractivity contribution in [1.82, 2.24) is 34.9 Å². The maximum absolute atomic E-state index is 11.9. The summed E-state index contributed by atoms with van der Waals surface area (Å²) in [6, 6.07) is 40.4. The zero-order chi connectivity index (χ0) is 84.8. The van der Waals surface area contributed by atoms with Gasteiger partial charge in [-0.25, -0.2) is 0 Å². The highest BCUT2D eigenvalue weighted by Gasteiger charge is 2.11. The van der Waals surface area contributed by atoms with Crippen LogP contribution < -0.4 is 0 Å². The molecule has 0 aliphatic carbocycles. The fourth-order valence-corrected chi connectivity index (χ4v) is 13.1. The number of H-pyrrole nitrogens is 7. The number of ketones is 7. The number of carbonyl (C=O) groups is 7. The van der Waals surface area contributed by atoms with E-state index in [1.807, 2.05) is 42.5 Å². The molecule has 0 fully saturated rings. The lowest BCUT2D eigenvalue weighted by Crippen LogP contribution is -1.99. The van der Waals surface area contributed by atoms with Crippen LogP contribution in [0.1, 0.15) is 379 Å². The monoisotopic (exact) mass is 1600 g/mol. The lowest BCUT2D eigenvalue weighted by atomic mass is 10.0. The minimum absolute atomic E-state index is 0.0244. The molecule has 118 heavy (non-hydrogen) atoms. The van der Waals surface area contributed by atoms with Gasteiger partial charge < -0.3 is 34.9 Å². The van der Waals surface area contributed by atoms with Gasteiger partial charge in [0.2, 0.25) is 0 Å². The second-order valence-corrected chi connectivity index (χ2v) is 30.7. The Morgan fingerprint density at radius 2 is 0.500 bits per heavy atom. The van der Waals surface area contributed by atoms with E-state index in [-0.39, 0.29) is 40.5 Å². The van der Waals surface area contributed by atoms with E-state index in [1.165, 1.54) is 189 Å². The van der Waals surface area contributed by atoms with Crippen LogP contribution in [0.25, 0.3) is 6.08 Å². The molecule has 7 aromatic heterocycles. The normalized spacial score (nSPS) is 10.7. The van der Waals surface area contributed by atoms with Crippen molar-refractivity contribution in [1.29, 1.82) is 0 Å². The average molecular weight is 1610 g/mol. The fraction of sp³-hybridized carbons (Fsp3) is 0.452. The maximum Gasteiger partial charge on any atom is 0.187 e. The molecule has 0 aliphatic rings. The second-order valence-electron chi connectivity index (χ2n) is 30.7. The quantitative estimate of drug-likeness (QED) is 0.0111. The summed E-state index contributed by atoms with van der Waals surface area (Å²) in [5.74, 6) is 1.39. The number of benzene rings is 3. The fourth-order valence-electron chi connectivity index (χ4n) is 13.1. The summed E-state index contributed by atoms with van der Waals surface area (Å²) in [5.41, 5.74) is 11.9. The van der Waals surface area contributed by atoms with Crippen LogP contribution in [0.15, 0.2) is 226 Å². The number of carbonyl (C=O) groups excluding carboxylic acids is 7. The van der Waals surface area contributed by atoms with Crippen LogP contribution in [0.5, 0.6) is 0 Å². The minimum Gasteiger partial charge on any atom is -0.367 e. The molecule has 10 aromatic rings. The summed E-state index contributed by atoms with van der Waals surface area (Å²) < 4.78 is 0. The van der Waals surface area contributed by atoms with Gasteiger partial charge in [-0.15, -0.1) is 0 Å². The summed E-state index contributed by atoms with van der Waals surface area (Å²) in [4.78, 5) is 102. The predicted molar refractivity (Wildman–Crippen MR) is 493 cm³/mol. The Hall–Kier alpha value is -10.2. The molecule has 0 saturated heterocycles. The first-order chi connectivity index (χ1) is 57.8. The zero-order valence-corrected chi connectivity index (χ0v) is 72.8. The molecular weight excluding hydrogens is 1460 g/mol. The van der Waals surface area contributed by atoms with E-state index >= 15 is 0 Å². The van der Waals surface area contributed by atoms with E-state index < -0.39 is 0 Å². The molecule has 7 heterocycles. The highest BCUT2D eigenvalue weighted by Crippen LogP contribution is 2.18. The van der Waals surface area contributed by atoms with Crippen molar-refractivity contribution in [2.45, 2.75) is 305 Å². The summed E-state index contributed by atoms with van der Waals surface area (Å²) in [5, 5.41) is 0. The number of hydrogen-bond donors (Lipinski definition) is 7. The third-order valence-corrected chi connectivity index (χ3v) is 20.6. The third kappa shape index (κ3) is 48.5. The van der Waals surface area contributed by atoms with Gasteiger partial charge in [0, 0.05) is 158 Å². The number of rotatable bonds is 53. The lowest BCUT2D eigenvalue weighted by Gasteiger charge is -2.03. The highest BCUT2D eigenvalue weighted by molar-refractivity contribution is 6.07. The smallest absolute Gasteiger partial charge is 0.187 e. The molecule has 0 atom stereocenters. The van der Waals surface area contributed by atoms with Crippen molar-refractivity contribution < 1.29 is 33.6 Å². The molecule has 0 bridgehead atoms. The number of aromatic amines is 7. The van der Waals surface area contributed by atoms with Gasteiger partial charge in [0.15, 0.2) is 40.5 Å². The van der Waals surface area contributed by atoms with E-state index in [9.17, 15) is 33.6 Å². The number of Topliss-reactive ketones (excluding diaryl/α,β-unsaturated/α-hetero) is 5. The number of aromatic nitrogens is 7. The summed E-state index contributed by atoms with van der Waals surface area (Å²) in [6.45, 7) is 13.3. The Labute approximate surface area is 708 Å². The van der Waals surface area contributed by atoms with Crippen molar-refractivity contribution in [2.24, 2.45) is 0 Å². The molecule has 14 heteroatoms. The molecule has 0 saturated carbocycles. The standard InChI is InChI=1S/2C17H21NO.C17H19NO.C14H23NO.C14H21NO.C13H21NO.C12H19NO/c19-17(16-12-13-18-14-16)11-7-2-1-4-8-15-9-5-3-6-10-15;2*1-2-3-4-14-5-7-15(8-6-14)9-10-17(19)16-11-12-18-13-16;2*1-2-3-4-5-6-7-8-9-14(16)13-10-11-15-12-13;1-2-3-4-5-6-7-8-13(15)12-9-10-14-11-12;1-2-3-4-5-6-7-12(14)11-8-9-13-10-11/h3,5-6,9-10,12-14,18H,1-2,4,7-8,11H2;5-8,11-13,18H,2-4,9-10H2,1H3;5-13,18H,2-4H2,1H3;10-12,15H,2-9H2,1H3;8-12,15H,2-7H2,1H3;9-11,14H,2-8H2,1H3;8-10,13H,2-7H2,1H3/b;;10-9+;;9-8+;;. The highest BCUT2D eigenvalue weighted by atomic mass is 16.1. The molecule has 14 nitrogen and oxygen atoms in total. The van der Waals surface area contributed by atoms with Gasteiger partial charge in [-0.1, -0.05) is 280 Å². The molecule has 10 rings (SSSR count). The van der Waals surface area contributed by atoms with Crippen LogP contribution in [0, 0.1) is 0 Å². The molecule has 7 N–H and O–H groups in total. The Bertz CT molecular complexity index is 4090. The molecule has 0 amide bonds. The van der Waals surface area contributed by atoms with Crippen molar-refractivity contribution in [3.8, 4) is 0 Å². The summed E-state index contributed by atoms with van der Waals surface area (Å²) in [7, 11) is 0. The average Bonchev–Trinajstić information content (AvgIpc) is 1.70. The molecule has 0 radical (unpaired) electrons. The van der Waals surface area contributed by atoms with Crippen LogP contribution >= 0.6 is 0 Å². The molecule has 0 unspecified atom stereocenters. The van der Waals surface area contributed by atoms with Crippen LogP contribution in [0.4, 0.5) is 0 Å². The van der Waals surface area contributed by atoms with Crippen molar-refractivity contribution in [3.63, 3.8) is 0 Å². The summed E-state index contributed by atoms with van der Waals surface area (Å²) in [6.07, 6.45) is 78.7. The maximum atomic E-state index is 11.9. The van der Waals surface area contributed by atoms with E-state index in [1.54, 1.807) is 111 Å². The molecule has 0 aliphatic heterocycles. The van der Waals surface area contributed by atoms with Gasteiger partial charge in [-0.3, -0.25) is 33.6 Å². The lowest BCUT2D eigenvalue weighted by molar-refractivity contribution is 0.0971. The van der Waals surface area contributed by atoms with Gasteiger partial charge in [0.1, 0.15) is 0 Å². The van der Waals surface area contributed by atoms with E-state index in [0.29, 0.717) is 37.7 Å². The number of aryl methyl sites for hydroxylation is 4. The molecule has 3 aromatic carbocycles. The van der Waals surface area contributed by atoms with Gasteiger partial charge in [0.25, 0.3) is 0 Å². The predicted octanol–water partition coefficient (Wildman–Crippen LogP) is 28.8. The number of allylic oxidation sites excluding steroid dienone is 3. The number of hydrogen-bond acceptors (Lipinski definition) is 7. The number of nitrogens with one attached hydrogen (secondary N) is 7. The van der Waals surface area contributed by atoms with Crippen LogP contribution in [-0.4, -0.2) is 75.4 Å². The topological polar surface area (TPSA) is 230 Å². The van der Waals surface area contributed by atoms with Crippen LogP contribution in [0.3, 0.4) is 0 Å². The first-order valence-electron chi connectivity index (χ1n) is 45.0. The Morgan fingerprint density at radius 3 is 0.831 bits per heavy atom. The first kappa shape index (κ1) is 100. The number of unbranched alkanes of at least 4 members (excludes halogenated alkanes) is 25. The van der Waals surface area contributed by atoms with E-state index in [4.69, 9.17) is 0 Å². The first-order valence-corrected chi connectivity index (χ1v) is 45.0. The second kappa shape index (κ2) is 67.8. The SMILES string of the molecule is CCCCCCC/C=C/C(=O)c1cc[nH]c1.CCCCCCCC(=O)c1cc[nH]c1.CCCCCCCCC(=O)c1cc[nH]c1.CCCCCCCCCC(=O)c1cc[nH]c1.CCCCc1ccc(/C=C/C(=O)c2cc[nH]c2)cc1.CCCCc1ccc(CCC(=O)c2cc[nH]c2)cc1.O=C(CCCCCCc1ccccc1)c1cc[nH]c1. The van der Waals surface area contributed by atoms with Gasteiger partial charge >= 0.3 is 0 Å². The Balaban J connectivity index is 0.000000290. The van der Waals surface area contributed by atoms with Gasteiger partial charge in [0.05, 0.1) is 0 Å². The van der Waals surface area contributed by atoms with Crippen molar-refractivity contribution in [2.75, 3.05) is 0 Å². The summed E-state index contributed by atoms with van der Waals surface area (Å²) >= 11 is 0. The van der Waals surface area contributed by atoms with Gasteiger partial charge in [-0.2, -0.15) is 0 Å². The molecule has 638 valence electrons. The van der Waals surface area contributed by atoms with E-state index in [2.05, 4.69) is 155 Å². The van der Waals surface area contributed by atoms with E-state index in [0.717, 1.165) is 103 Å². The Kier molecular flexibility index (Phi) is 57.5. The minimum atomic E-state index is 0.0244. The van der Waals surface area contributed by atoms with Gasteiger partial charge in [-0.05, 0) is 166 Å². The van der Waals surface area contributed by atoms with Crippen LogP contribution in [0.2, 0.25) is 0 Å². The van der Waals surface area contributed by atoms with Crippen molar-refractivity contribution >= 4 is 46.6 Å². The Morgan fingerprint density at radius 1 is 0.237 bits per heavy atom. The largest absolute Gasteiger partial charge is 0.367 e. The molecule has 0 spiro atoms. The molecular formula is C104H145N7O7. The third-order valence-electron chi connectivity index (χ3n) is 20.6. The zero-order valence-electron chi connectivity index (χ0n) is 72.8. The van der Waals surface area contributed by atoms with Crippen molar-refractivity contribution in [3.05, 3.63) is 293 Å².